The molecule has 1 fully saturated rings. The van der Waals surface area contributed by atoms with Crippen LogP contribution in [0.25, 0.3) is 16.8 Å². The molecule has 4 aromatic rings. The summed E-state index contributed by atoms with van der Waals surface area (Å²) in [6.45, 7) is 2.76. The van der Waals surface area contributed by atoms with Crippen molar-refractivity contribution in [3.63, 3.8) is 0 Å². The highest BCUT2D eigenvalue weighted by atomic mass is 32.2. The molecule has 1 heterocycles. The van der Waals surface area contributed by atoms with Crippen molar-refractivity contribution in [3.8, 4) is 11.5 Å². The summed E-state index contributed by atoms with van der Waals surface area (Å²) in [6, 6.07) is 25.6. The molecule has 196 valence electrons. The monoisotopic (exact) mass is 538 g/mol. The lowest BCUT2D eigenvalue weighted by Gasteiger charge is -2.16. The molecule has 0 atom stereocenters. The molecule has 1 aliphatic rings. The van der Waals surface area contributed by atoms with Crippen LogP contribution in [-0.2, 0) is 11.3 Å². The van der Waals surface area contributed by atoms with Crippen LogP contribution in [0, 0.1) is 0 Å². The van der Waals surface area contributed by atoms with Crippen LogP contribution in [-0.4, -0.2) is 40.8 Å². The highest BCUT2D eigenvalue weighted by Gasteiger charge is 2.33. The first-order valence-corrected chi connectivity index (χ1v) is 13.2. The average molecular weight is 539 g/mol. The Bertz CT molecular complexity index is 1590. The number of rotatable bonds is 8. The number of methoxy groups -OCH3 is 1. The van der Waals surface area contributed by atoms with Gasteiger partial charge in [0.05, 0.1) is 36.4 Å². The van der Waals surface area contributed by atoms with Crippen molar-refractivity contribution in [1.29, 1.82) is 0 Å². The van der Waals surface area contributed by atoms with Crippen molar-refractivity contribution in [2.45, 2.75) is 13.5 Å². The van der Waals surface area contributed by atoms with E-state index < -0.39 is 5.97 Å². The van der Waals surface area contributed by atoms with Crippen LogP contribution < -0.4 is 9.47 Å². The molecular weight excluding hydrogens is 512 g/mol. The molecule has 5 rings (SSSR count). The highest BCUT2D eigenvalue weighted by molar-refractivity contribution is 8.18. The molecule has 39 heavy (non-hydrogen) atoms. The smallest absolute Gasteiger partial charge is 0.335 e. The lowest BCUT2D eigenvalue weighted by molar-refractivity contribution is -0.122. The molecule has 0 bridgehead atoms. The van der Waals surface area contributed by atoms with Gasteiger partial charge in [0.15, 0.2) is 5.17 Å². The zero-order chi connectivity index (χ0) is 27.4. The minimum atomic E-state index is -0.996. The number of nitrogens with zero attached hydrogens (tertiary/aromatic N) is 2. The number of carbonyl (C=O) groups excluding carboxylic acids is 1. The maximum atomic E-state index is 13.7. The largest absolute Gasteiger partial charge is 0.497 e. The van der Waals surface area contributed by atoms with E-state index in [9.17, 15) is 14.7 Å². The number of aliphatic imine (C=N–C) groups is 1. The fraction of sp³-hybridized carbons (Fsp3) is 0.129. The number of amides is 1. The summed E-state index contributed by atoms with van der Waals surface area (Å²) in [5, 5.41) is 11.7. The number of benzene rings is 4. The van der Waals surface area contributed by atoms with Crippen molar-refractivity contribution < 1.29 is 24.2 Å². The molecule has 7 nitrogen and oxygen atoms in total. The predicted octanol–water partition coefficient (Wildman–Crippen LogP) is 6.75. The van der Waals surface area contributed by atoms with E-state index in [2.05, 4.69) is 0 Å². The summed E-state index contributed by atoms with van der Waals surface area (Å²) in [5.41, 5.74) is 2.58. The molecule has 1 N–H and O–H groups in total. The third-order valence-corrected chi connectivity index (χ3v) is 7.24. The van der Waals surface area contributed by atoms with Crippen LogP contribution in [0.4, 0.5) is 5.69 Å². The Morgan fingerprint density at radius 1 is 0.974 bits per heavy atom. The number of thioether (sulfide) groups is 1. The first-order chi connectivity index (χ1) is 19.0. The van der Waals surface area contributed by atoms with Gasteiger partial charge in [0, 0.05) is 5.39 Å². The van der Waals surface area contributed by atoms with Crippen molar-refractivity contribution in [2.24, 2.45) is 4.99 Å². The van der Waals surface area contributed by atoms with Gasteiger partial charge >= 0.3 is 5.97 Å². The summed E-state index contributed by atoms with van der Waals surface area (Å²) in [6.07, 6.45) is 1.89. The van der Waals surface area contributed by atoms with Gasteiger partial charge in [-0.2, -0.15) is 0 Å². The van der Waals surface area contributed by atoms with Gasteiger partial charge in [0.1, 0.15) is 11.5 Å². The van der Waals surface area contributed by atoms with E-state index in [0.29, 0.717) is 28.1 Å². The first-order valence-electron chi connectivity index (χ1n) is 12.4. The van der Waals surface area contributed by atoms with Crippen LogP contribution in [0.1, 0.15) is 28.4 Å². The average Bonchev–Trinajstić information content (AvgIpc) is 3.24. The van der Waals surface area contributed by atoms with Gasteiger partial charge in [-0.1, -0.05) is 42.5 Å². The van der Waals surface area contributed by atoms with Crippen molar-refractivity contribution in [2.75, 3.05) is 13.7 Å². The Kier molecular flexibility index (Phi) is 7.65. The van der Waals surface area contributed by atoms with Gasteiger partial charge in [-0.15, -0.1) is 0 Å². The predicted molar refractivity (Wildman–Crippen MR) is 155 cm³/mol. The molecule has 0 unspecified atom stereocenters. The molecule has 8 heteroatoms. The van der Waals surface area contributed by atoms with Gasteiger partial charge in [-0.3, -0.25) is 9.69 Å². The van der Waals surface area contributed by atoms with Gasteiger partial charge in [0.2, 0.25) is 0 Å². The normalized spacial score (nSPS) is 15.3. The second kappa shape index (κ2) is 11.4. The van der Waals surface area contributed by atoms with E-state index in [0.717, 1.165) is 27.6 Å². The quantitative estimate of drug-likeness (QED) is 0.250. The number of aromatic carboxylic acids is 1. The van der Waals surface area contributed by atoms with E-state index in [1.54, 1.807) is 24.1 Å². The van der Waals surface area contributed by atoms with Gasteiger partial charge in [0.25, 0.3) is 5.91 Å². The number of carboxylic acids is 1. The zero-order valence-corrected chi connectivity index (χ0v) is 22.3. The van der Waals surface area contributed by atoms with Crippen LogP contribution >= 0.6 is 11.8 Å². The SMILES string of the molecule is CCOc1ccc(/C=C2\SC(=Nc3ccc(OC)cc3)N(Cc3ccc(C(=O)O)cc3)C2=O)c2ccccc12. The molecule has 0 aliphatic carbocycles. The van der Waals surface area contributed by atoms with E-state index >= 15 is 0 Å². The Morgan fingerprint density at radius 3 is 2.36 bits per heavy atom. The Morgan fingerprint density at radius 2 is 1.69 bits per heavy atom. The number of hydrogen-bond donors (Lipinski definition) is 1. The lowest BCUT2D eigenvalue weighted by atomic mass is 10.0. The molecule has 0 spiro atoms. The number of hydrogen-bond acceptors (Lipinski definition) is 6. The third-order valence-electron chi connectivity index (χ3n) is 6.23. The molecule has 4 aromatic carbocycles. The Balaban J connectivity index is 1.53. The minimum Gasteiger partial charge on any atom is -0.497 e. The molecule has 0 aromatic heterocycles. The number of ether oxygens (including phenoxy) is 2. The van der Waals surface area contributed by atoms with E-state index in [4.69, 9.17) is 14.5 Å². The number of fused-ring (bicyclic) bond motifs is 1. The number of amidine groups is 1. The van der Waals surface area contributed by atoms with E-state index in [1.807, 2.05) is 73.7 Å². The topological polar surface area (TPSA) is 88.4 Å². The highest BCUT2D eigenvalue weighted by Crippen LogP contribution is 2.37. The van der Waals surface area contributed by atoms with Gasteiger partial charge in [-0.05, 0) is 83.7 Å². The summed E-state index contributed by atoms with van der Waals surface area (Å²) >= 11 is 1.31. The molecule has 1 aliphatic heterocycles. The maximum absolute atomic E-state index is 13.7. The second-order valence-electron chi connectivity index (χ2n) is 8.73. The summed E-state index contributed by atoms with van der Waals surface area (Å²) in [7, 11) is 1.60. The minimum absolute atomic E-state index is 0.174. The summed E-state index contributed by atoms with van der Waals surface area (Å²) in [5.74, 6) is 0.345. The van der Waals surface area contributed by atoms with Crippen LogP contribution in [0.2, 0.25) is 0 Å². The van der Waals surface area contributed by atoms with E-state index in [1.165, 1.54) is 23.9 Å². The van der Waals surface area contributed by atoms with Crippen LogP contribution in [0.15, 0.2) is 94.8 Å². The molecule has 0 saturated carbocycles. The molecular formula is C31H26N2O5S. The third kappa shape index (κ3) is 5.66. The fourth-order valence-corrected chi connectivity index (χ4v) is 5.27. The van der Waals surface area contributed by atoms with Crippen molar-refractivity contribution >= 4 is 51.3 Å². The summed E-state index contributed by atoms with van der Waals surface area (Å²) < 4.78 is 11.1. The maximum Gasteiger partial charge on any atom is 0.335 e. The first kappa shape index (κ1) is 26.1. The molecule has 0 radical (unpaired) electrons. The van der Waals surface area contributed by atoms with E-state index in [-0.39, 0.29) is 18.0 Å². The van der Waals surface area contributed by atoms with Gasteiger partial charge < -0.3 is 14.6 Å². The Hall–Kier alpha value is -4.56. The van der Waals surface area contributed by atoms with Crippen molar-refractivity contribution in [3.05, 3.63) is 107 Å². The van der Waals surface area contributed by atoms with Gasteiger partial charge in [-0.25, -0.2) is 9.79 Å². The lowest BCUT2D eigenvalue weighted by Crippen LogP contribution is -2.28. The Labute approximate surface area is 230 Å². The fourth-order valence-electron chi connectivity index (χ4n) is 4.28. The molecule has 1 saturated heterocycles. The van der Waals surface area contributed by atoms with Crippen LogP contribution in [0.5, 0.6) is 11.5 Å². The van der Waals surface area contributed by atoms with Crippen molar-refractivity contribution in [1.82, 2.24) is 4.90 Å². The summed E-state index contributed by atoms with van der Waals surface area (Å²) in [4.78, 5) is 31.9. The standard InChI is InChI=1S/C31H26N2O5S/c1-3-38-27-17-12-22(25-6-4-5-7-26(25)27)18-28-29(34)33(19-20-8-10-21(11-9-20)30(35)36)31(39-28)32-23-13-15-24(37-2)16-14-23/h4-18H,3,19H2,1-2H3,(H,35,36)/b28-18-,32-31?. The molecule has 1 amide bonds. The number of carboxylic acid groups (broad SMARTS) is 1. The zero-order valence-electron chi connectivity index (χ0n) is 21.5. The second-order valence-corrected chi connectivity index (χ2v) is 9.74. The number of carbonyl (C=O) groups is 2. The van der Waals surface area contributed by atoms with Crippen LogP contribution in [0.3, 0.4) is 0 Å².